The zero-order valence-electron chi connectivity index (χ0n) is 14.1. The average molecular weight is 360 g/mol. The average Bonchev–Trinajstić information content (AvgIpc) is 2.68. The Morgan fingerprint density at radius 2 is 1.73 bits per heavy atom. The van der Waals surface area contributed by atoms with Crippen molar-refractivity contribution < 1.29 is 21.6 Å². The van der Waals surface area contributed by atoms with Crippen LogP contribution in [0.1, 0.15) is 52.5 Å². The van der Waals surface area contributed by atoms with Gasteiger partial charge >= 0.3 is 0 Å². The first-order valence-corrected chi connectivity index (χ1v) is 8.21. The van der Waals surface area contributed by atoms with Crippen LogP contribution in [0.2, 0.25) is 0 Å². The third kappa shape index (κ3) is 2.62. The molecule has 0 fully saturated rings. The summed E-state index contributed by atoms with van der Waals surface area (Å²) in [5.41, 5.74) is 4.55. The van der Waals surface area contributed by atoms with Crippen LogP contribution in [0.3, 0.4) is 0 Å². The van der Waals surface area contributed by atoms with Crippen LogP contribution in [0.5, 0.6) is 0 Å². The summed E-state index contributed by atoms with van der Waals surface area (Å²) in [6.07, 6.45) is 3.87. The minimum atomic E-state index is 0. The molecule has 2 aromatic rings. The number of halogens is 1. The first-order chi connectivity index (χ1) is 10.1. The van der Waals surface area contributed by atoms with E-state index in [1.165, 1.54) is 47.0 Å². The van der Waals surface area contributed by atoms with Crippen molar-refractivity contribution in [1.29, 1.82) is 0 Å². The number of hydrogen-bond acceptors (Lipinski definition) is 0. The summed E-state index contributed by atoms with van der Waals surface area (Å²) in [7, 11) is 0. The lowest BCUT2D eigenvalue weighted by molar-refractivity contribution is -0.439. The van der Waals surface area contributed by atoms with Gasteiger partial charge in [0, 0.05) is 25.0 Å². The normalized spacial score (nSPS) is 15.8. The van der Waals surface area contributed by atoms with Crippen LogP contribution in [0.4, 0.5) is 5.69 Å². The zero-order valence-corrected chi connectivity index (χ0v) is 15.7. The Balaban J connectivity index is 0.00000176. The smallest absolute Gasteiger partial charge is 0.210 e. The monoisotopic (exact) mass is 359 g/mol. The topological polar surface area (TPSA) is 3.01 Å². The third-order valence-corrected chi connectivity index (χ3v) is 5.12. The van der Waals surface area contributed by atoms with Gasteiger partial charge in [0.2, 0.25) is 5.69 Å². The molecule has 0 aliphatic carbocycles. The molecule has 118 valence electrons. The van der Waals surface area contributed by atoms with Gasteiger partial charge in [-0.05, 0) is 37.1 Å². The molecule has 1 nitrogen and oxygen atoms in total. The zero-order chi connectivity index (χ0) is 15.0. The van der Waals surface area contributed by atoms with E-state index >= 15 is 0 Å². The predicted octanol–water partition coefficient (Wildman–Crippen LogP) is 2.43. The van der Waals surface area contributed by atoms with E-state index in [1.807, 2.05) is 0 Å². The second kappa shape index (κ2) is 6.54. The van der Waals surface area contributed by atoms with Crippen LogP contribution in [0, 0.1) is 0 Å². The molecule has 0 saturated carbocycles. The van der Waals surface area contributed by atoms with Gasteiger partial charge in [-0.3, -0.25) is 0 Å². The molecule has 1 aliphatic heterocycles. The number of benzene rings is 2. The van der Waals surface area contributed by atoms with Gasteiger partial charge in [0.25, 0.3) is 0 Å². The van der Waals surface area contributed by atoms with Crippen molar-refractivity contribution in [3.8, 4) is 0 Å². The maximum atomic E-state index is 2.55. The summed E-state index contributed by atoms with van der Waals surface area (Å²) in [5.74, 6) is 0. The van der Waals surface area contributed by atoms with E-state index in [9.17, 15) is 0 Å². The van der Waals surface area contributed by atoms with E-state index in [1.54, 1.807) is 0 Å². The highest BCUT2D eigenvalue weighted by atomic mass is 79.9. The lowest BCUT2D eigenvalue weighted by Gasteiger charge is -2.17. The molecule has 22 heavy (non-hydrogen) atoms. The minimum absolute atomic E-state index is 0. The minimum Gasteiger partial charge on any atom is -1.00 e. The quantitative estimate of drug-likeness (QED) is 0.582. The summed E-state index contributed by atoms with van der Waals surface area (Å²) in [5, 5.41) is 2.77. The molecule has 0 atom stereocenters. The molecule has 0 radical (unpaired) electrons. The van der Waals surface area contributed by atoms with Gasteiger partial charge in [0.05, 0.1) is 5.41 Å². The Bertz CT molecular complexity index is 713. The molecular formula is C20H26BrN. The Labute approximate surface area is 144 Å². The highest BCUT2D eigenvalue weighted by Gasteiger charge is 2.43. The van der Waals surface area contributed by atoms with Gasteiger partial charge in [0.1, 0.15) is 6.54 Å². The van der Waals surface area contributed by atoms with E-state index in [2.05, 4.69) is 68.7 Å². The highest BCUT2D eigenvalue weighted by molar-refractivity contribution is 6.01. The van der Waals surface area contributed by atoms with Crippen molar-refractivity contribution in [3.05, 3.63) is 42.0 Å². The summed E-state index contributed by atoms with van der Waals surface area (Å²) < 4.78 is 2.55. The molecule has 2 heteroatoms. The molecule has 0 bridgehead atoms. The second-order valence-corrected chi connectivity index (χ2v) is 6.75. The van der Waals surface area contributed by atoms with Crippen LogP contribution < -0.4 is 17.0 Å². The van der Waals surface area contributed by atoms with Crippen LogP contribution >= 0.6 is 0 Å². The van der Waals surface area contributed by atoms with Crippen LogP contribution in [-0.2, 0) is 5.41 Å². The molecule has 1 heterocycles. The maximum absolute atomic E-state index is 2.55. The highest BCUT2D eigenvalue weighted by Crippen LogP contribution is 2.43. The van der Waals surface area contributed by atoms with Crippen molar-refractivity contribution in [3.63, 3.8) is 0 Å². The largest absolute Gasteiger partial charge is 1.00 e. The van der Waals surface area contributed by atoms with E-state index in [0.29, 0.717) is 0 Å². The molecule has 0 aromatic heterocycles. The number of hydrogen-bond donors (Lipinski definition) is 0. The predicted molar refractivity (Wildman–Crippen MR) is 92.0 cm³/mol. The van der Waals surface area contributed by atoms with Crippen LogP contribution in [0.15, 0.2) is 36.4 Å². The molecule has 2 aromatic carbocycles. The van der Waals surface area contributed by atoms with E-state index in [0.717, 1.165) is 6.54 Å². The fraction of sp³-hybridized carbons (Fsp3) is 0.450. The van der Waals surface area contributed by atoms with Crippen molar-refractivity contribution in [2.24, 2.45) is 0 Å². The third-order valence-electron chi connectivity index (χ3n) is 5.12. The van der Waals surface area contributed by atoms with Gasteiger partial charge in [-0.2, -0.15) is 4.58 Å². The standard InChI is InChI=1S/C20H26N.BrH/c1-5-6-9-14-21-15(2)20(3,4)19-17-11-8-7-10-16(17)12-13-18(19)21;/h7-8,10-13H,5-6,9,14H2,1-4H3;1H/q+1;/p-1. The fourth-order valence-corrected chi connectivity index (χ4v) is 3.65. The SMILES string of the molecule is CCCCC[N+]1=C(C)C(C)(C)c2c1ccc1ccccc21.[Br-]. The van der Waals surface area contributed by atoms with Gasteiger partial charge in [-0.15, -0.1) is 0 Å². The summed E-state index contributed by atoms with van der Waals surface area (Å²) >= 11 is 0. The Kier molecular flexibility index (Phi) is 5.11. The van der Waals surface area contributed by atoms with E-state index in [4.69, 9.17) is 0 Å². The number of nitrogens with zero attached hydrogens (tertiary/aromatic N) is 1. The molecule has 1 aliphatic rings. The van der Waals surface area contributed by atoms with Crippen molar-refractivity contribution in [2.75, 3.05) is 6.54 Å². The van der Waals surface area contributed by atoms with Crippen LogP contribution in [-0.4, -0.2) is 16.8 Å². The van der Waals surface area contributed by atoms with Crippen LogP contribution in [0.25, 0.3) is 10.8 Å². The summed E-state index contributed by atoms with van der Waals surface area (Å²) in [6, 6.07) is 13.4. The molecule has 0 unspecified atom stereocenters. The van der Waals surface area contributed by atoms with Gasteiger partial charge in [-0.25, -0.2) is 0 Å². The molecular weight excluding hydrogens is 334 g/mol. The Morgan fingerprint density at radius 3 is 2.45 bits per heavy atom. The summed E-state index contributed by atoms with van der Waals surface area (Å²) in [4.78, 5) is 0. The summed E-state index contributed by atoms with van der Waals surface area (Å²) in [6.45, 7) is 10.5. The molecule has 3 rings (SSSR count). The molecule has 0 spiro atoms. The Morgan fingerprint density at radius 1 is 1.00 bits per heavy atom. The first kappa shape index (κ1) is 17.2. The van der Waals surface area contributed by atoms with Crippen molar-refractivity contribution >= 4 is 22.2 Å². The van der Waals surface area contributed by atoms with Gasteiger partial charge in [-0.1, -0.05) is 37.6 Å². The number of fused-ring (bicyclic) bond motifs is 3. The van der Waals surface area contributed by atoms with E-state index < -0.39 is 0 Å². The Hall–Kier alpha value is -1.15. The number of unbranched alkanes of at least 4 members (excludes halogenated alkanes) is 2. The van der Waals surface area contributed by atoms with Gasteiger partial charge < -0.3 is 17.0 Å². The fourth-order valence-electron chi connectivity index (χ4n) is 3.65. The second-order valence-electron chi connectivity index (χ2n) is 6.75. The first-order valence-electron chi connectivity index (χ1n) is 8.21. The molecule has 0 N–H and O–H groups in total. The lowest BCUT2D eigenvalue weighted by Crippen LogP contribution is -3.00. The van der Waals surface area contributed by atoms with Crippen molar-refractivity contribution in [2.45, 2.75) is 52.4 Å². The maximum Gasteiger partial charge on any atom is 0.210 e. The lowest BCUT2D eigenvalue weighted by atomic mass is 9.80. The van der Waals surface area contributed by atoms with Crippen molar-refractivity contribution in [1.82, 2.24) is 0 Å². The number of rotatable bonds is 4. The molecule has 0 amide bonds. The molecule has 0 saturated heterocycles. The van der Waals surface area contributed by atoms with Gasteiger partial charge in [0.15, 0.2) is 5.71 Å². The van der Waals surface area contributed by atoms with E-state index in [-0.39, 0.29) is 22.4 Å².